The third-order valence-electron chi connectivity index (χ3n) is 2.81. The van der Waals surface area contributed by atoms with Crippen LogP contribution in [0.1, 0.15) is 11.1 Å². The zero-order valence-corrected chi connectivity index (χ0v) is 16.0. The van der Waals surface area contributed by atoms with Crippen molar-refractivity contribution in [2.75, 3.05) is 6.61 Å². The Morgan fingerprint density at radius 3 is 2.96 bits per heavy atom. The second kappa shape index (κ2) is 8.30. The van der Waals surface area contributed by atoms with Crippen molar-refractivity contribution in [1.29, 1.82) is 0 Å². The predicted molar refractivity (Wildman–Crippen MR) is 101 cm³/mol. The van der Waals surface area contributed by atoms with Crippen LogP contribution in [0.5, 0.6) is 11.5 Å². The van der Waals surface area contributed by atoms with Crippen LogP contribution in [0.15, 0.2) is 46.0 Å². The number of aryl methyl sites for hydroxylation is 1. The van der Waals surface area contributed by atoms with Gasteiger partial charge in [-0.25, -0.2) is 5.43 Å². The highest BCUT2D eigenvalue weighted by Gasteiger charge is 2.06. The fourth-order valence-electron chi connectivity index (χ4n) is 1.74. The molecular weight excluding hydrogens is 475 g/mol. The van der Waals surface area contributed by atoms with Gasteiger partial charge in [-0.3, -0.25) is 4.79 Å². The van der Waals surface area contributed by atoms with Gasteiger partial charge in [0.15, 0.2) is 6.61 Å². The number of halogens is 2. The number of rotatable bonds is 5. The summed E-state index contributed by atoms with van der Waals surface area (Å²) in [6.45, 7) is 1.81. The minimum absolute atomic E-state index is 0.114. The largest absolute Gasteiger partial charge is 0.506 e. The maximum Gasteiger partial charge on any atom is 0.277 e. The normalized spacial score (nSPS) is 10.7. The number of phenols is 1. The van der Waals surface area contributed by atoms with E-state index in [0.717, 1.165) is 10.0 Å². The molecule has 0 heterocycles. The van der Waals surface area contributed by atoms with Gasteiger partial charge in [0.1, 0.15) is 11.5 Å². The summed E-state index contributed by atoms with van der Waals surface area (Å²) in [4.78, 5) is 11.7. The van der Waals surface area contributed by atoms with Gasteiger partial charge in [-0.1, -0.05) is 28.1 Å². The number of benzene rings is 2. The fourth-order valence-corrected chi connectivity index (χ4v) is 3.29. The van der Waals surface area contributed by atoms with Crippen molar-refractivity contribution in [2.45, 2.75) is 6.92 Å². The van der Waals surface area contributed by atoms with Gasteiger partial charge in [0.25, 0.3) is 5.91 Å². The highest BCUT2D eigenvalue weighted by molar-refractivity contribution is 14.1. The Bertz CT molecular complexity index is 750. The molecule has 0 bridgehead atoms. The first-order valence-electron chi connectivity index (χ1n) is 6.65. The van der Waals surface area contributed by atoms with Crippen LogP contribution >= 0.6 is 38.5 Å². The van der Waals surface area contributed by atoms with Gasteiger partial charge >= 0.3 is 0 Å². The van der Waals surface area contributed by atoms with E-state index in [1.54, 1.807) is 18.2 Å². The second-order valence-electron chi connectivity index (χ2n) is 4.72. The number of ether oxygens (including phenoxy) is 1. The molecule has 0 atom stereocenters. The van der Waals surface area contributed by atoms with Gasteiger partial charge in [-0.15, -0.1) is 0 Å². The fraction of sp³-hybridized carbons (Fsp3) is 0.125. The van der Waals surface area contributed by atoms with E-state index in [0.29, 0.717) is 14.9 Å². The number of amides is 1. The molecule has 0 fully saturated rings. The Hall–Kier alpha value is -1.61. The zero-order valence-electron chi connectivity index (χ0n) is 12.2. The van der Waals surface area contributed by atoms with Crippen LogP contribution < -0.4 is 10.2 Å². The first-order valence-corrected chi connectivity index (χ1v) is 8.52. The van der Waals surface area contributed by atoms with E-state index in [4.69, 9.17) is 4.74 Å². The Labute approximate surface area is 156 Å². The van der Waals surface area contributed by atoms with Crippen LogP contribution in [0, 0.1) is 10.5 Å². The lowest BCUT2D eigenvalue weighted by Gasteiger charge is -2.06. The molecule has 2 aromatic rings. The minimum atomic E-state index is -0.382. The molecule has 7 heteroatoms. The number of hydrazone groups is 1. The SMILES string of the molecule is Cc1cccc(OCC(=O)N/N=C/c2cc(Br)cc(I)c2O)c1. The van der Waals surface area contributed by atoms with E-state index in [1.807, 2.05) is 47.7 Å². The Morgan fingerprint density at radius 1 is 1.43 bits per heavy atom. The van der Waals surface area contributed by atoms with Crippen LogP contribution in [0.25, 0.3) is 0 Å². The van der Waals surface area contributed by atoms with E-state index in [-0.39, 0.29) is 18.3 Å². The van der Waals surface area contributed by atoms with E-state index in [9.17, 15) is 9.90 Å². The third-order valence-corrected chi connectivity index (χ3v) is 4.09. The monoisotopic (exact) mass is 488 g/mol. The van der Waals surface area contributed by atoms with Gasteiger partial charge in [0.05, 0.1) is 9.78 Å². The highest BCUT2D eigenvalue weighted by atomic mass is 127. The molecule has 1 amide bonds. The van der Waals surface area contributed by atoms with Gasteiger partial charge in [-0.05, 0) is 59.3 Å². The summed E-state index contributed by atoms with van der Waals surface area (Å²) < 4.78 is 6.87. The maximum absolute atomic E-state index is 11.7. The first-order chi connectivity index (χ1) is 11.0. The number of phenolic OH excluding ortho intramolecular Hbond substituents is 1. The topological polar surface area (TPSA) is 70.9 Å². The molecule has 120 valence electrons. The van der Waals surface area contributed by atoms with Crippen molar-refractivity contribution in [1.82, 2.24) is 5.43 Å². The molecule has 0 aliphatic heterocycles. The smallest absolute Gasteiger partial charge is 0.277 e. The molecule has 0 aromatic heterocycles. The summed E-state index contributed by atoms with van der Waals surface area (Å²) >= 11 is 5.35. The van der Waals surface area contributed by atoms with E-state index >= 15 is 0 Å². The average molecular weight is 489 g/mol. The molecular formula is C16H14BrIN2O3. The van der Waals surface area contributed by atoms with Crippen molar-refractivity contribution in [3.63, 3.8) is 0 Å². The Morgan fingerprint density at radius 2 is 2.22 bits per heavy atom. The number of nitrogens with zero attached hydrogens (tertiary/aromatic N) is 1. The zero-order chi connectivity index (χ0) is 16.8. The number of carbonyl (C=O) groups is 1. The summed E-state index contributed by atoms with van der Waals surface area (Å²) in [7, 11) is 0. The maximum atomic E-state index is 11.7. The lowest BCUT2D eigenvalue weighted by molar-refractivity contribution is -0.123. The Kier molecular flexibility index (Phi) is 6.40. The van der Waals surface area contributed by atoms with E-state index in [1.165, 1.54) is 6.21 Å². The highest BCUT2D eigenvalue weighted by Crippen LogP contribution is 2.27. The molecule has 0 spiro atoms. The van der Waals surface area contributed by atoms with Crippen molar-refractivity contribution in [3.8, 4) is 11.5 Å². The second-order valence-corrected chi connectivity index (χ2v) is 6.80. The van der Waals surface area contributed by atoms with Crippen molar-refractivity contribution in [3.05, 3.63) is 55.6 Å². The number of hydrogen-bond acceptors (Lipinski definition) is 4. The summed E-state index contributed by atoms with van der Waals surface area (Å²) in [5.74, 6) is 0.359. The van der Waals surface area contributed by atoms with Gasteiger partial charge in [-0.2, -0.15) is 5.10 Å². The number of aromatic hydroxyl groups is 1. The average Bonchev–Trinajstić information content (AvgIpc) is 2.50. The van der Waals surface area contributed by atoms with Crippen molar-refractivity contribution < 1.29 is 14.6 Å². The molecule has 23 heavy (non-hydrogen) atoms. The third kappa shape index (κ3) is 5.51. The summed E-state index contributed by atoms with van der Waals surface area (Å²) in [6.07, 6.45) is 1.38. The van der Waals surface area contributed by atoms with Crippen molar-refractivity contribution in [2.24, 2.45) is 5.10 Å². The van der Waals surface area contributed by atoms with Crippen LogP contribution in [0.2, 0.25) is 0 Å². The van der Waals surface area contributed by atoms with E-state index in [2.05, 4.69) is 26.5 Å². The quantitative estimate of drug-likeness (QED) is 0.384. The minimum Gasteiger partial charge on any atom is -0.506 e. The van der Waals surface area contributed by atoms with Crippen LogP contribution in [-0.2, 0) is 4.79 Å². The van der Waals surface area contributed by atoms with Crippen LogP contribution in [0.4, 0.5) is 0 Å². The number of nitrogens with one attached hydrogen (secondary N) is 1. The summed E-state index contributed by atoms with van der Waals surface area (Å²) in [5.41, 5.74) is 3.92. The molecule has 2 aromatic carbocycles. The number of hydrogen-bond donors (Lipinski definition) is 2. The van der Waals surface area contributed by atoms with E-state index < -0.39 is 0 Å². The molecule has 0 unspecified atom stereocenters. The first kappa shape index (κ1) is 17.7. The molecule has 5 nitrogen and oxygen atoms in total. The molecule has 0 saturated carbocycles. The molecule has 2 N–H and O–H groups in total. The molecule has 0 aliphatic carbocycles. The van der Waals surface area contributed by atoms with Gasteiger partial charge in [0, 0.05) is 10.0 Å². The molecule has 0 aliphatic rings. The summed E-state index contributed by atoms with van der Waals surface area (Å²) in [5, 5.41) is 13.7. The molecule has 0 radical (unpaired) electrons. The lowest BCUT2D eigenvalue weighted by atomic mass is 10.2. The van der Waals surface area contributed by atoms with Crippen LogP contribution in [0.3, 0.4) is 0 Å². The van der Waals surface area contributed by atoms with Gasteiger partial charge < -0.3 is 9.84 Å². The predicted octanol–water partition coefficient (Wildman–Crippen LogP) is 3.60. The van der Waals surface area contributed by atoms with Crippen molar-refractivity contribution >= 4 is 50.6 Å². The van der Waals surface area contributed by atoms with Crippen LogP contribution in [-0.4, -0.2) is 23.8 Å². The number of carbonyl (C=O) groups excluding carboxylic acids is 1. The summed E-state index contributed by atoms with van der Waals surface area (Å²) in [6, 6.07) is 10.9. The Balaban J connectivity index is 1.89. The van der Waals surface area contributed by atoms with Gasteiger partial charge in [0.2, 0.25) is 0 Å². The molecule has 0 saturated heterocycles. The lowest BCUT2D eigenvalue weighted by Crippen LogP contribution is -2.24. The standard InChI is InChI=1S/C16H14BrIN2O3/c1-10-3-2-4-13(5-10)23-9-15(21)20-19-8-11-6-12(17)7-14(18)16(11)22/h2-8,22H,9H2,1H3,(H,20,21)/b19-8+. The molecule has 2 rings (SSSR count).